The first-order valence-corrected chi connectivity index (χ1v) is 24.6. The van der Waals surface area contributed by atoms with Crippen LogP contribution in [0.3, 0.4) is 0 Å². The molecule has 3 N–H and O–H groups in total. The Morgan fingerprint density at radius 2 is 0.935 bits per heavy atom. The first-order chi connectivity index (χ1) is 35.6. The van der Waals surface area contributed by atoms with Gasteiger partial charge in [-0.15, -0.1) is 5.92 Å². The molecule has 0 atom stereocenters. The summed E-state index contributed by atoms with van der Waals surface area (Å²) in [4.78, 5) is 9.91. The Bertz CT molecular complexity index is 2110. The zero-order valence-corrected chi connectivity index (χ0v) is 44.6. The van der Waals surface area contributed by atoms with Crippen molar-refractivity contribution in [3.63, 3.8) is 0 Å². The summed E-state index contributed by atoms with van der Waals surface area (Å²) >= 11 is 5.75. The summed E-state index contributed by atoms with van der Waals surface area (Å²) in [7, 11) is 162. The van der Waals surface area contributed by atoms with Gasteiger partial charge in [-0.1, -0.05) is 24.4 Å². The Balaban J connectivity index is 0.00000105. The van der Waals surface area contributed by atoms with E-state index in [4.69, 9.17) is 226 Å². The SMILES string of the molecule is CC#Cc1cc([N+](=O)[O-])ccc1Cl.CCc1[nH]nc2ccc(N)cc12.[B][B]B(B([B])[B])B(B([B])[B])B(B(B([B])[B])B([B])[B])B(B([B])[B])B([B])[B].[B][B]B([B])B(B(B([B])[B])B([B])[B])B(B(B([B])[B])B([B])[B])B(B([B])[B])B([B])[B]. The normalized spacial score (nSPS) is 9.44. The quantitative estimate of drug-likeness (QED) is 0.0291. The standard InChI is InChI=1S/C9H6ClNO2.C9H11N3.B27.B25/c1-2-3-7-6-8(11(12)13)4-5-9(7)10;1-2-8-7-5-6(10)3-4-9(7)12-11-8;1-15-22(14)26(23(16(2)3)17(4)5)27(24(18(6)7)19(8)9)25(20(10)11)21(12)13;1-14-21(15(2)3)24(20(12)13)25(22(16(4)5)17(6)7)23(18(8)9)19(10)11/h4-6H,1H3;3-5H,2,10H2,1H3,(H,11,12);;. The maximum absolute atomic E-state index is 10.4. The van der Waals surface area contributed by atoms with Crippen molar-refractivity contribution in [2.24, 2.45) is 0 Å². The Kier molecular flexibility index (Phi) is 38.5. The van der Waals surface area contributed by atoms with Gasteiger partial charge in [0.25, 0.3) is 5.69 Å². The van der Waals surface area contributed by atoms with Crippen LogP contribution in [0, 0.1) is 22.0 Å². The van der Waals surface area contributed by atoms with Crippen LogP contribution in [0.2, 0.25) is 5.02 Å². The van der Waals surface area contributed by atoms with Crippen LogP contribution in [0.1, 0.15) is 25.1 Å². The van der Waals surface area contributed by atoms with Gasteiger partial charge in [0.2, 0.25) is 0 Å². The molecule has 77 heavy (non-hydrogen) atoms. The predicted molar refractivity (Wildman–Crippen MR) is 400 cm³/mol. The number of nitro benzene ring substituents is 1. The highest BCUT2D eigenvalue weighted by Crippen LogP contribution is 2.21. The minimum atomic E-state index is -0.994. The molecular weight excluding hydrogens is 902 g/mol. The number of halogens is 1. The average Bonchev–Trinajstić information content (AvgIpc) is 3.71. The van der Waals surface area contributed by atoms with Gasteiger partial charge in [-0.2, -0.15) is 5.10 Å². The number of H-pyrrole nitrogens is 1. The van der Waals surface area contributed by atoms with Gasteiger partial charge in [-0.05, 0) is 37.6 Å². The van der Waals surface area contributed by atoms with E-state index >= 15 is 0 Å². The summed E-state index contributed by atoms with van der Waals surface area (Å²) in [6.45, 7) is 3.74. The molecule has 0 saturated carbocycles. The number of hydrogen-bond acceptors (Lipinski definition) is 4. The third-order valence-electron chi connectivity index (χ3n) is 13.2. The monoisotopic (exact) mass is 929 g/mol. The van der Waals surface area contributed by atoms with Crippen LogP contribution < -0.4 is 5.73 Å². The molecule has 0 amide bonds. The highest BCUT2D eigenvalue weighted by molar-refractivity contribution is 8.26. The fourth-order valence-electron chi connectivity index (χ4n) is 9.78. The first kappa shape index (κ1) is 77.3. The highest BCUT2D eigenvalue weighted by Gasteiger charge is 2.51. The number of anilines is 1. The lowest BCUT2D eigenvalue weighted by Gasteiger charge is -2.48. The van der Waals surface area contributed by atoms with E-state index < -0.39 is 152 Å². The second-order valence-electron chi connectivity index (χ2n) is 18.8. The van der Waals surface area contributed by atoms with E-state index in [1.807, 2.05) is 18.2 Å². The number of aryl methyl sites for hydroxylation is 1. The first-order valence-electron chi connectivity index (χ1n) is 24.2. The maximum atomic E-state index is 10.4. The predicted octanol–water partition coefficient (Wildman–Crippen LogP) is -15.5. The topological polar surface area (TPSA) is 97.8 Å². The number of rotatable bonds is 25. The summed E-state index contributed by atoms with van der Waals surface area (Å²) in [6.07, 6.45) is -18.8. The number of nitro groups is 1. The number of nitrogens with one attached hydrogen (secondary N) is 1. The Hall–Kier alpha value is 0.337. The second kappa shape index (κ2) is 38.3. The van der Waals surface area contributed by atoms with E-state index in [1.165, 1.54) is 32.3 Å². The molecule has 3 aromatic rings. The van der Waals surface area contributed by atoms with Gasteiger partial charge < -0.3 is 5.73 Å². The van der Waals surface area contributed by atoms with Crippen LogP contribution >= 0.6 is 11.6 Å². The average molecular weight is 919 g/mol. The van der Waals surface area contributed by atoms with E-state index in [0.717, 1.165) is 28.7 Å². The number of benzene rings is 2. The van der Waals surface area contributed by atoms with Crippen LogP contribution in [-0.2, 0) is 6.42 Å². The Labute approximate surface area is 515 Å². The van der Waals surface area contributed by atoms with Gasteiger partial charge in [-0.25, -0.2) is 0 Å². The van der Waals surface area contributed by atoms with Crippen molar-refractivity contribution in [3.05, 3.63) is 62.8 Å². The number of fused-ring (bicyclic) bond motifs is 1. The number of nitrogen functional groups attached to an aromatic ring is 1. The van der Waals surface area contributed by atoms with E-state index in [0.29, 0.717) is 10.6 Å². The molecule has 0 aliphatic carbocycles. The number of non-ortho nitro benzene ring substituents is 1. The molecule has 3 rings (SSSR count). The van der Waals surface area contributed by atoms with Gasteiger partial charge in [0.05, 0.1) is 15.5 Å². The number of aromatic nitrogens is 2. The minimum Gasteiger partial charge on any atom is -0.399 e. The Morgan fingerprint density at radius 3 is 1.25 bits per heavy atom. The molecule has 1 heterocycles. The van der Waals surface area contributed by atoms with Crippen LogP contribution in [0.5, 0.6) is 0 Å². The minimum absolute atomic E-state index is 0.00199. The lowest BCUT2D eigenvalue weighted by atomic mass is 8.33. The van der Waals surface area contributed by atoms with Gasteiger partial charge in [0, 0.05) is 404 Å². The fraction of sp³-hybridized carbons (Fsp3) is 0.167. The summed E-state index contributed by atoms with van der Waals surface area (Å²) in [5.41, 5.74) is 9.08. The molecule has 0 bridgehead atoms. The van der Waals surface area contributed by atoms with Crippen molar-refractivity contribution in [3.8, 4) is 11.8 Å². The summed E-state index contributed by atoms with van der Waals surface area (Å²) in [6, 6.07) is 9.93. The molecule has 0 fully saturated rings. The highest BCUT2D eigenvalue weighted by atomic mass is 35.5. The molecule has 0 aliphatic heterocycles. The van der Waals surface area contributed by atoms with Crippen molar-refractivity contribution in [1.82, 2.24) is 10.2 Å². The van der Waals surface area contributed by atoms with Crippen LogP contribution in [0.25, 0.3) is 10.9 Å². The number of aromatic amines is 1. The van der Waals surface area contributed by atoms with E-state index in [9.17, 15) is 10.1 Å². The van der Waals surface area contributed by atoms with Gasteiger partial charge >= 0.3 is 0 Å². The second-order valence-corrected chi connectivity index (χ2v) is 19.2. The van der Waals surface area contributed by atoms with Gasteiger partial charge in [-0.3, -0.25) is 15.2 Å². The smallest absolute Gasteiger partial charge is 0.270 e. The molecule has 2 aromatic carbocycles. The third-order valence-corrected chi connectivity index (χ3v) is 13.5. The molecule has 0 spiro atoms. The maximum Gasteiger partial charge on any atom is 0.270 e. The van der Waals surface area contributed by atoms with Crippen LogP contribution in [-0.4, -0.2) is 385 Å². The van der Waals surface area contributed by atoms with E-state index in [1.54, 1.807) is 6.92 Å². The van der Waals surface area contributed by atoms with Crippen molar-refractivity contribution in [2.75, 3.05) is 5.73 Å². The lowest BCUT2D eigenvalue weighted by Crippen LogP contribution is -2.86. The largest absolute Gasteiger partial charge is 0.399 e. The molecule has 0 unspecified atom stereocenters. The number of nitrogens with zero attached hydrogens (tertiary/aromatic N) is 2. The molecule has 59 heteroatoms. The van der Waals surface area contributed by atoms with E-state index in [2.05, 4.69) is 29.0 Å². The van der Waals surface area contributed by atoms with Crippen molar-refractivity contribution in [2.45, 2.75) is 20.3 Å². The molecule has 284 valence electrons. The molecule has 1 aromatic heterocycles. The van der Waals surface area contributed by atoms with Crippen molar-refractivity contribution >= 4 is 404 Å². The van der Waals surface area contributed by atoms with Crippen LogP contribution in [0.4, 0.5) is 11.4 Å². The zero-order chi connectivity index (χ0) is 60.1. The van der Waals surface area contributed by atoms with Crippen molar-refractivity contribution in [1.29, 1.82) is 0 Å². The number of hydrogen-bond donors (Lipinski definition) is 2. The zero-order valence-electron chi connectivity index (χ0n) is 43.9. The summed E-state index contributed by atoms with van der Waals surface area (Å²) in [5, 5.41) is 19.1. The summed E-state index contributed by atoms with van der Waals surface area (Å²) in [5.74, 6) is 5.32. The summed E-state index contributed by atoms with van der Waals surface area (Å²) < 4.78 is 0. The number of nitrogens with two attached hydrogens (primary N) is 1. The van der Waals surface area contributed by atoms with Gasteiger partial charge in [0.15, 0.2) is 0 Å². The lowest BCUT2D eigenvalue weighted by molar-refractivity contribution is -0.384. The molecule has 56 radical (unpaired) electrons. The van der Waals surface area contributed by atoms with Crippen LogP contribution in [0.15, 0.2) is 36.4 Å². The molecule has 6 nitrogen and oxygen atoms in total. The Morgan fingerprint density at radius 1 is 0.558 bits per heavy atom. The molecular formula is C18H17B52ClN4O2. The van der Waals surface area contributed by atoms with Gasteiger partial charge in [0.1, 0.15) is 0 Å². The van der Waals surface area contributed by atoms with Crippen molar-refractivity contribution < 1.29 is 4.92 Å². The molecule has 0 aliphatic rings. The fourth-order valence-corrected chi connectivity index (χ4v) is 9.94. The van der Waals surface area contributed by atoms with E-state index in [-0.39, 0.29) is 5.69 Å². The third kappa shape index (κ3) is 24.1. The molecule has 0 saturated heterocycles.